The quantitative estimate of drug-likeness (QED) is 0.195. The van der Waals surface area contributed by atoms with Crippen LogP contribution < -0.4 is 5.73 Å². The van der Waals surface area contributed by atoms with Gasteiger partial charge in [-0.15, -0.1) is 0 Å². The van der Waals surface area contributed by atoms with Crippen molar-refractivity contribution in [1.29, 1.82) is 0 Å². The molecular formula is C12H23NO12. The van der Waals surface area contributed by atoms with E-state index in [0.717, 1.165) is 0 Å². The van der Waals surface area contributed by atoms with Gasteiger partial charge in [0.15, 0.2) is 18.7 Å². The predicted molar refractivity (Wildman–Crippen MR) is 75.7 cm³/mol. The van der Waals surface area contributed by atoms with Crippen molar-refractivity contribution in [2.24, 2.45) is 5.73 Å². The average Bonchev–Trinajstić information content (AvgIpc) is 2.60. The Balaban J connectivity index is 0.000000462. The van der Waals surface area contributed by atoms with Crippen LogP contribution in [-0.4, -0.2) is 120 Å². The van der Waals surface area contributed by atoms with Gasteiger partial charge in [0.1, 0.15) is 36.6 Å². The molecule has 0 aromatic heterocycles. The van der Waals surface area contributed by atoms with E-state index >= 15 is 0 Å². The van der Waals surface area contributed by atoms with Crippen molar-refractivity contribution in [3.8, 4) is 0 Å². The summed E-state index contributed by atoms with van der Waals surface area (Å²) < 4.78 is 4.70. The van der Waals surface area contributed by atoms with E-state index < -0.39 is 67.6 Å². The third-order valence-corrected chi connectivity index (χ3v) is 3.36. The summed E-state index contributed by atoms with van der Waals surface area (Å²) in [7, 11) is 0. The average molecular weight is 373 g/mol. The molecule has 0 aromatic rings. The zero-order valence-electron chi connectivity index (χ0n) is 12.8. The van der Waals surface area contributed by atoms with Crippen molar-refractivity contribution in [1.82, 2.24) is 0 Å². The number of nitrogens with two attached hydrogens (primary N) is 1. The molecule has 148 valence electrons. The fourth-order valence-electron chi connectivity index (χ4n) is 1.73. The van der Waals surface area contributed by atoms with E-state index in [2.05, 4.69) is 0 Å². The van der Waals surface area contributed by atoms with Crippen LogP contribution in [0.25, 0.3) is 0 Å². The van der Waals surface area contributed by atoms with Crippen LogP contribution in [0, 0.1) is 0 Å². The van der Waals surface area contributed by atoms with Gasteiger partial charge in [-0.3, -0.25) is 0 Å². The van der Waals surface area contributed by atoms with E-state index in [4.69, 9.17) is 46.2 Å². The fourth-order valence-corrected chi connectivity index (χ4v) is 1.73. The number of ether oxygens (including phenoxy) is 1. The van der Waals surface area contributed by atoms with Gasteiger partial charge < -0.3 is 61.2 Å². The molecule has 0 spiro atoms. The van der Waals surface area contributed by atoms with E-state index in [-0.39, 0.29) is 6.29 Å². The second-order valence-corrected chi connectivity index (χ2v) is 5.20. The highest BCUT2D eigenvalue weighted by Gasteiger charge is 2.41. The van der Waals surface area contributed by atoms with Gasteiger partial charge in [0.25, 0.3) is 0 Å². The first-order valence-electron chi connectivity index (χ1n) is 6.96. The summed E-state index contributed by atoms with van der Waals surface area (Å²) in [6, 6.07) is -1.04. The standard InChI is InChI=1S/C6H13NO5.C6H10O7/c7-3-5(10)4(9)2(1-8)12-6(3)11;7-1-2(8)3(9)4(10)5(11)6(12)13/h2-6,8-11H,1,7H2;1-5,8-11H,(H,12,13)/t2-,3-,4+,5-,6?;/m1./s1. The Morgan fingerprint density at radius 2 is 1.60 bits per heavy atom. The maximum atomic E-state index is 10.1. The largest absolute Gasteiger partial charge is 0.479 e. The van der Waals surface area contributed by atoms with E-state index in [1.165, 1.54) is 0 Å². The van der Waals surface area contributed by atoms with Crippen molar-refractivity contribution in [2.45, 2.75) is 55.1 Å². The van der Waals surface area contributed by atoms with Gasteiger partial charge >= 0.3 is 5.97 Å². The van der Waals surface area contributed by atoms with Gasteiger partial charge in [-0.2, -0.15) is 0 Å². The molecule has 1 rings (SSSR count). The maximum Gasteiger partial charge on any atom is 0.335 e. The predicted octanol–water partition coefficient (Wildman–Crippen LogP) is -6.54. The zero-order valence-corrected chi connectivity index (χ0v) is 12.8. The molecule has 1 aliphatic heterocycles. The lowest BCUT2D eigenvalue weighted by Crippen LogP contribution is -2.61. The number of carbonyl (C=O) groups excluding carboxylic acids is 1. The van der Waals surface area contributed by atoms with Crippen molar-refractivity contribution in [2.75, 3.05) is 6.61 Å². The monoisotopic (exact) mass is 373 g/mol. The highest BCUT2D eigenvalue weighted by molar-refractivity contribution is 5.73. The highest BCUT2D eigenvalue weighted by atomic mass is 16.6. The number of rotatable bonds is 6. The van der Waals surface area contributed by atoms with Crippen molar-refractivity contribution < 1.29 is 60.3 Å². The SMILES string of the molecule is N[C@H]1C(O)O[C@H](CO)[C@H](O)[C@@H]1O.O=CC(O)C(O)C(O)C(O)C(=O)O. The number of carboxylic acids is 1. The van der Waals surface area contributed by atoms with E-state index in [1.807, 2.05) is 0 Å². The number of hydrogen-bond acceptors (Lipinski definition) is 12. The molecule has 0 radical (unpaired) electrons. The highest BCUT2D eigenvalue weighted by Crippen LogP contribution is 2.17. The van der Waals surface area contributed by atoms with Crippen LogP contribution in [0.5, 0.6) is 0 Å². The summed E-state index contributed by atoms with van der Waals surface area (Å²) in [6.45, 7) is -0.470. The van der Waals surface area contributed by atoms with Crippen LogP contribution in [0.1, 0.15) is 0 Å². The fraction of sp³-hybridized carbons (Fsp3) is 0.833. The van der Waals surface area contributed by atoms with E-state index in [9.17, 15) is 19.8 Å². The van der Waals surface area contributed by atoms with Gasteiger partial charge in [-0.25, -0.2) is 4.79 Å². The molecule has 1 fully saturated rings. The molecule has 25 heavy (non-hydrogen) atoms. The van der Waals surface area contributed by atoms with Crippen LogP contribution in [0.15, 0.2) is 0 Å². The lowest BCUT2D eigenvalue weighted by Gasteiger charge is -2.38. The number of carbonyl (C=O) groups is 2. The smallest absolute Gasteiger partial charge is 0.335 e. The summed E-state index contributed by atoms with van der Waals surface area (Å²) in [5, 5.41) is 79.3. The lowest BCUT2D eigenvalue weighted by molar-refractivity contribution is -0.248. The van der Waals surface area contributed by atoms with Gasteiger partial charge in [0, 0.05) is 0 Å². The Hall–Kier alpha value is -1.26. The Kier molecular flexibility index (Phi) is 10.1. The molecule has 1 aliphatic rings. The minimum Gasteiger partial charge on any atom is -0.479 e. The first-order chi connectivity index (χ1) is 11.5. The summed E-state index contributed by atoms with van der Waals surface area (Å²) in [6.07, 6.45) is -13.2. The second kappa shape index (κ2) is 10.7. The number of aliphatic hydroxyl groups is 8. The summed E-state index contributed by atoms with van der Waals surface area (Å²) >= 11 is 0. The van der Waals surface area contributed by atoms with Gasteiger partial charge in [0.05, 0.1) is 12.6 Å². The molecule has 1 saturated heterocycles. The topological polar surface area (TPSA) is 251 Å². The number of carboxylic acid groups (broad SMARTS) is 1. The van der Waals surface area contributed by atoms with Crippen molar-refractivity contribution in [3.63, 3.8) is 0 Å². The lowest BCUT2D eigenvalue weighted by atomic mass is 9.98. The molecule has 0 saturated carbocycles. The van der Waals surface area contributed by atoms with Gasteiger partial charge in [-0.1, -0.05) is 0 Å². The Morgan fingerprint density at radius 1 is 1.08 bits per heavy atom. The molecule has 0 bridgehead atoms. The van der Waals surface area contributed by atoms with Gasteiger partial charge in [0.2, 0.25) is 0 Å². The van der Waals surface area contributed by atoms with Crippen molar-refractivity contribution in [3.05, 3.63) is 0 Å². The van der Waals surface area contributed by atoms with Crippen LogP contribution in [0.4, 0.5) is 0 Å². The van der Waals surface area contributed by atoms with Crippen LogP contribution in [-0.2, 0) is 14.3 Å². The normalized spacial score (nSPS) is 34.0. The summed E-state index contributed by atoms with van der Waals surface area (Å²) in [4.78, 5) is 20.0. The number of aldehydes is 1. The van der Waals surface area contributed by atoms with Gasteiger partial charge in [-0.05, 0) is 0 Å². The first kappa shape index (κ1) is 23.7. The first-order valence-corrected chi connectivity index (χ1v) is 6.96. The number of aliphatic hydroxyl groups excluding tert-OH is 8. The van der Waals surface area contributed by atoms with Crippen molar-refractivity contribution >= 4 is 12.3 Å². The Bertz CT molecular complexity index is 418. The third-order valence-electron chi connectivity index (χ3n) is 3.36. The molecule has 5 unspecified atom stereocenters. The molecule has 11 N–H and O–H groups in total. The second-order valence-electron chi connectivity index (χ2n) is 5.20. The summed E-state index contributed by atoms with van der Waals surface area (Å²) in [5.41, 5.74) is 5.26. The molecular weight excluding hydrogens is 350 g/mol. The maximum absolute atomic E-state index is 10.1. The van der Waals surface area contributed by atoms with E-state index in [1.54, 1.807) is 0 Å². The zero-order chi connectivity index (χ0) is 19.9. The third kappa shape index (κ3) is 6.52. The molecule has 9 atom stereocenters. The Morgan fingerprint density at radius 3 is 2.00 bits per heavy atom. The number of aliphatic carboxylic acids is 1. The minimum absolute atomic E-state index is 0.0809. The Labute approximate surface area is 141 Å². The molecule has 13 nitrogen and oxygen atoms in total. The van der Waals surface area contributed by atoms with Crippen LogP contribution >= 0.6 is 0 Å². The number of hydrogen-bond donors (Lipinski definition) is 10. The molecule has 13 heteroatoms. The minimum atomic E-state index is -2.25. The molecule has 0 amide bonds. The van der Waals surface area contributed by atoms with Crippen LogP contribution in [0.2, 0.25) is 0 Å². The van der Waals surface area contributed by atoms with Crippen LogP contribution in [0.3, 0.4) is 0 Å². The molecule has 0 aromatic carbocycles. The molecule has 0 aliphatic carbocycles. The summed E-state index contributed by atoms with van der Waals surface area (Å²) in [5.74, 6) is -1.76. The van der Waals surface area contributed by atoms with E-state index in [0.29, 0.717) is 0 Å². The molecule has 1 heterocycles.